The number of likely N-dealkylation sites (N-methyl/N-ethyl adjacent to an activating group) is 1. The average molecular weight is 914 g/mol. The number of guanidine groups is 1. The van der Waals surface area contributed by atoms with Crippen molar-refractivity contribution in [1.29, 1.82) is 5.41 Å². The second-order valence-electron chi connectivity index (χ2n) is 17.1. The number of rotatable bonds is 29. The number of H-pyrrole nitrogens is 1. The first-order valence-corrected chi connectivity index (χ1v) is 23.2. The molecule has 0 saturated heterocycles. The molecular formula is C52H67N9O6. The third-order valence-electron chi connectivity index (χ3n) is 11.8. The molecule has 5 aromatic rings. The van der Waals surface area contributed by atoms with Crippen LogP contribution in [-0.4, -0.2) is 88.4 Å². The van der Waals surface area contributed by atoms with Gasteiger partial charge in [-0.1, -0.05) is 128 Å². The number of nitro groups is 1. The van der Waals surface area contributed by atoms with E-state index in [1.807, 2.05) is 122 Å². The summed E-state index contributed by atoms with van der Waals surface area (Å²) in [5.74, 6) is -2.04. The number of aromatic amines is 1. The van der Waals surface area contributed by atoms with Gasteiger partial charge in [0.2, 0.25) is 17.7 Å². The van der Waals surface area contributed by atoms with Crippen LogP contribution in [0, 0.1) is 21.4 Å². The Balaban J connectivity index is 1.36. The van der Waals surface area contributed by atoms with Crippen molar-refractivity contribution < 1.29 is 24.2 Å². The Hall–Kier alpha value is -7.00. The molecule has 0 aliphatic heterocycles. The van der Waals surface area contributed by atoms with Crippen LogP contribution < -0.4 is 26.4 Å². The highest BCUT2D eigenvalue weighted by molar-refractivity contribution is 5.93. The number of amides is 3. The Morgan fingerprint density at radius 1 is 0.791 bits per heavy atom. The Morgan fingerprint density at radius 2 is 1.43 bits per heavy atom. The molecule has 67 heavy (non-hydrogen) atoms. The summed E-state index contributed by atoms with van der Waals surface area (Å²) >= 11 is 0. The number of ether oxygens (including phenoxy) is 1. The predicted octanol–water partition coefficient (Wildman–Crippen LogP) is 7.10. The standard InChI is InChI=1S/C52H67N9O6/c1-4-6-7-16-30-59(3)36-43(34-42-35-55-46-24-15-14-23-45(42)46)56-50(63)47(25-17-31-60(52(53)54)61(65)66)57-51(64)48(33-38-19-10-8-11-20-38)58-49(62)41(18-5-2)32-39-26-28-44(29-27-39)67-37-40-21-12-9-13-22-40/h5,8-15,19-24,26-29,35,41,43,47-48,55H,2,4,6-7,16-18,25,30-34,36-37H2,1,3H3,(H3,53,54)(H,56,63)(H,57,64)(H,58,62). The van der Waals surface area contributed by atoms with Gasteiger partial charge in [0.25, 0.3) is 5.96 Å². The quantitative estimate of drug-likeness (QED) is 0.00720. The van der Waals surface area contributed by atoms with E-state index in [0.717, 1.165) is 65.4 Å². The summed E-state index contributed by atoms with van der Waals surface area (Å²) in [4.78, 5) is 60.6. The van der Waals surface area contributed by atoms with E-state index in [1.165, 1.54) is 0 Å². The van der Waals surface area contributed by atoms with E-state index in [-0.39, 0.29) is 37.8 Å². The van der Waals surface area contributed by atoms with Crippen LogP contribution in [0.1, 0.15) is 74.1 Å². The first kappa shape index (κ1) is 51.0. The van der Waals surface area contributed by atoms with Gasteiger partial charge in [-0.3, -0.25) is 19.8 Å². The summed E-state index contributed by atoms with van der Waals surface area (Å²) in [7, 11) is 2.03. The minimum Gasteiger partial charge on any atom is -0.489 e. The number of carbonyl (C=O) groups excluding carboxylic acids is 3. The first-order chi connectivity index (χ1) is 32.4. The lowest BCUT2D eigenvalue weighted by molar-refractivity contribution is -0.629. The molecule has 0 aliphatic rings. The van der Waals surface area contributed by atoms with Gasteiger partial charge in [-0.05, 0) is 92.6 Å². The number of benzene rings is 4. The molecule has 5 rings (SSSR count). The predicted molar refractivity (Wildman–Crippen MR) is 264 cm³/mol. The highest BCUT2D eigenvalue weighted by Crippen LogP contribution is 2.21. The number of nitrogens with zero attached hydrogens (tertiary/aromatic N) is 3. The minimum absolute atomic E-state index is 0.0159. The Morgan fingerprint density at radius 3 is 2.10 bits per heavy atom. The number of nitrogens with two attached hydrogens (primary N) is 1. The van der Waals surface area contributed by atoms with Gasteiger partial charge in [-0.15, -0.1) is 6.58 Å². The number of hydrogen-bond donors (Lipinski definition) is 6. The molecule has 1 aromatic heterocycles. The zero-order valence-electron chi connectivity index (χ0n) is 38.8. The minimum atomic E-state index is -1.16. The van der Waals surface area contributed by atoms with E-state index in [9.17, 15) is 24.5 Å². The van der Waals surface area contributed by atoms with Crippen molar-refractivity contribution in [2.45, 2.75) is 95.9 Å². The molecule has 0 saturated carbocycles. The number of para-hydroxylation sites is 1. The fourth-order valence-electron chi connectivity index (χ4n) is 8.16. The molecule has 0 aliphatic carbocycles. The molecule has 1 heterocycles. The molecule has 15 nitrogen and oxygen atoms in total. The van der Waals surface area contributed by atoms with Gasteiger partial charge in [-0.2, -0.15) is 0 Å². The van der Waals surface area contributed by atoms with Crippen LogP contribution in [0.2, 0.25) is 0 Å². The molecule has 15 heteroatoms. The molecule has 7 N–H and O–H groups in total. The molecule has 4 aromatic carbocycles. The molecule has 356 valence electrons. The maximum absolute atomic E-state index is 14.6. The monoisotopic (exact) mass is 914 g/mol. The number of nitrogens with one attached hydrogen (secondary N) is 5. The van der Waals surface area contributed by atoms with Gasteiger partial charge in [-0.25, -0.2) is 10.1 Å². The number of hydrazine groups is 1. The second kappa shape index (κ2) is 26.8. The Labute approximate surface area is 394 Å². The third kappa shape index (κ3) is 16.7. The molecule has 4 atom stereocenters. The summed E-state index contributed by atoms with van der Waals surface area (Å²) in [5.41, 5.74) is 10.3. The van der Waals surface area contributed by atoms with Gasteiger partial charge in [0, 0.05) is 42.0 Å². The van der Waals surface area contributed by atoms with Gasteiger partial charge in [0.15, 0.2) is 5.03 Å². The number of hydrogen-bond acceptors (Lipinski definition) is 8. The van der Waals surface area contributed by atoms with E-state index in [0.29, 0.717) is 43.2 Å². The molecule has 0 fully saturated rings. The number of allylic oxidation sites excluding steroid dienone is 1. The lowest BCUT2D eigenvalue weighted by Crippen LogP contribution is -2.57. The van der Waals surface area contributed by atoms with Crippen LogP contribution >= 0.6 is 0 Å². The summed E-state index contributed by atoms with van der Waals surface area (Å²) in [6.45, 7) is 7.59. The van der Waals surface area contributed by atoms with Gasteiger partial charge >= 0.3 is 0 Å². The van der Waals surface area contributed by atoms with Crippen molar-refractivity contribution in [3.05, 3.63) is 160 Å². The molecular weight excluding hydrogens is 847 g/mol. The number of fused-ring (bicyclic) bond motifs is 1. The van der Waals surface area contributed by atoms with Crippen molar-refractivity contribution in [2.24, 2.45) is 11.7 Å². The van der Waals surface area contributed by atoms with Crippen LogP contribution in [0.4, 0.5) is 0 Å². The van der Waals surface area contributed by atoms with E-state index in [4.69, 9.17) is 15.9 Å². The van der Waals surface area contributed by atoms with Crippen LogP contribution in [0.3, 0.4) is 0 Å². The molecule has 0 bridgehead atoms. The molecule has 0 radical (unpaired) electrons. The SMILES string of the molecule is C=CCC(Cc1ccc(OCc2ccccc2)cc1)C(=O)NC(Cc1ccccc1)C(=O)NC(CCCN(C(=N)N)[N+](=O)[O-])C(=O)NC(Cc1c[nH]c2ccccc12)CN(C)CCCCCC. The van der Waals surface area contributed by atoms with Crippen LogP contribution in [0.15, 0.2) is 128 Å². The average Bonchev–Trinajstić information content (AvgIpc) is 3.73. The summed E-state index contributed by atoms with van der Waals surface area (Å²) < 4.78 is 5.97. The summed E-state index contributed by atoms with van der Waals surface area (Å²) in [6.07, 6.45) is 9.37. The van der Waals surface area contributed by atoms with Crippen molar-refractivity contribution in [1.82, 2.24) is 30.8 Å². The van der Waals surface area contributed by atoms with Crippen LogP contribution in [-0.2, 0) is 40.3 Å². The van der Waals surface area contributed by atoms with Crippen molar-refractivity contribution in [2.75, 3.05) is 26.7 Å². The van der Waals surface area contributed by atoms with Crippen LogP contribution in [0.5, 0.6) is 5.75 Å². The molecule has 4 unspecified atom stereocenters. The van der Waals surface area contributed by atoms with Crippen molar-refractivity contribution in [3.8, 4) is 5.75 Å². The lowest BCUT2D eigenvalue weighted by atomic mass is 9.94. The Kier molecular flexibility index (Phi) is 20.4. The van der Waals surface area contributed by atoms with Gasteiger partial charge < -0.3 is 36.3 Å². The molecule has 0 spiro atoms. The normalized spacial score (nSPS) is 12.9. The topological polar surface area (TPSA) is 212 Å². The number of unbranched alkanes of at least 4 members (excludes halogenated alkanes) is 3. The zero-order valence-corrected chi connectivity index (χ0v) is 38.8. The maximum atomic E-state index is 14.6. The summed E-state index contributed by atoms with van der Waals surface area (Å²) in [5, 5.41) is 29.3. The van der Waals surface area contributed by atoms with E-state index in [1.54, 1.807) is 6.08 Å². The highest BCUT2D eigenvalue weighted by atomic mass is 16.7. The van der Waals surface area contributed by atoms with E-state index in [2.05, 4.69) is 39.3 Å². The van der Waals surface area contributed by atoms with Crippen molar-refractivity contribution >= 4 is 34.6 Å². The molecule has 3 amide bonds. The summed E-state index contributed by atoms with van der Waals surface area (Å²) in [6, 6.07) is 32.1. The lowest BCUT2D eigenvalue weighted by Gasteiger charge is -2.29. The van der Waals surface area contributed by atoms with E-state index < -0.39 is 40.8 Å². The van der Waals surface area contributed by atoms with E-state index >= 15 is 0 Å². The van der Waals surface area contributed by atoms with Gasteiger partial charge in [0.05, 0.1) is 6.54 Å². The van der Waals surface area contributed by atoms with Crippen molar-refractivity contribution in [3.63, 3.8) is 0 Å². The fourth-order valence-corrected chi connectivity index (χ4v) is 8.16. The Bertz CT molecular complexity index is 2330. The first-order valence-electron chi connectivity index (χ1n) is 23.2. The van der Waals surface area contributed by atoms with Gasteiger partial charge in [0.1, 0.15) is 24.4 Å². The smallest absolute Gasteiger partial charge is 0.251 e. The van der Waals surface area contributed by atoms with Crippen LogP contribution in [0.25, 0.3) is 10.9 Å². The largest absolute Gasteiger partial charge is 0.489 e. The fraction of sp³-hybridized carbons (Fsp3) is 0.385. The number of carbonyl (C=O) groups is 3. The number of aromatic nitrogens is 1. The zero-order chi connectivity index (χ0) is 48.0. The highest BCUT2D eigenvalue weighted by Gasteiger charge is 2.31. The third-order valence-corrected chi connectivity index (χ3v) is 11.8. The maximum Gasteiger partial charge on any atom is 0.251 e. The second-order valence-corrected chi connectivity index (χ2v) is 17.1.